The van der Waals surface area contributed by atoms with Gasteiger partial charge >= 0.3 is 0 Å². The molecule has 0 bridgehead atoms. The van der Waals surface area contributed by atoms with Gasteiger partial charge in [0.2, 0.25) is 5.91 Å². The Bertz CT molecular complexity index is 762. The predicted molar refractivity (Wildman–Crippen MR) is 97.2 cm³/mol. The largest absolute Gasteiger partial charge is 0.496 e. The molecule has 0 radical (unpaired) electrons. The van der Waals surface area contributed by atoms with Crippen LogP contribution >= 0.6 is 0 Å². The van der Waals surface area contributed by atoms with Gasteiger partial charge < -0.3 is 19.4 Å². The van der Waals surface area contributed by atoms with Crippen molar-refractivity contribution >= 4 is 11.8 Å². The summed E-state index contributed by atoms with van der Waals surface area (Å²) in [5, 5.41) is 3.08. The Morgan fingerprint density at radius 2 is 2.04 bits per heavy atom. The molecular weight excluding hydrogens is 332 g/mol. The van der Waals surface area contributed by atoms with Crippen molar-refractivity contribution in [2.24, 2.45) is 0 Å². The van der Waals surface area contributed by atoms with E-state index in [1.54, 1.807) is 24.1 Å². The van der Waals surface area contributed by atoms with Crippen LogP contribution in [0.15, 0.2) is 41.0 Å². The number of ether oxygens (including phenoxy) is 1. The Hall–Kier alpha value is -2.76. The second kappa shape index (κ2) is 8.08. The van der Waals surface area contributed by atoms with E-state index in [1.807, 2.05) is 25.1 Å². The second-order valence-corrected chi connectivity index (χ2v) is 6.60. The van der Waals surface area contributed by atoms with Crippen LogP contribution in [-0.4, -0.2) is 43.0 Å². The van der Waals surface area contributed by atoms with Gasteiger partial charge in [0.25, 0.3) is 5.91 Å². The van der Waals surface area contributed by atoms with Gasteiger partial charge in [-0.15, -0.1) is 0 Å². The predicted octanol–water partition coefficient (Wildman–Crippen LogP) is 2.56. The number of carbonyl (C=O) groups excluding carboxylic acids is 2. The van der Waals surface area contributed by atoms with Gasteiger partial charge in [0, 0.05) is 24.7 Å². The van der Waals surface area contributed by atoms with Crippen molar-refractivity contribution in [2.75, 3.05) is 20.2 Å². The minimum atomic E-state index is -0.0933. The summed E-state index contributed by atoms with van der Waals surface area (Å²) in [5.41, 5.74) is 1.98. The SMILES string of the molecule is COc1ccc(C)cc1CC(=O)NC1CCN(C(=O)c2ccco2)CC1. The number of methoxy groups -OCH3 is 1. The van der Waals surface area contributed by atoms with E-state index in [0.29, 0.717) is 18.8 Å². The van der Waals surface area contributed by atoms with Crippen molar-refractivity contribution < 1.29 is 18.7 Å². The summed E-state index contributed by atoms with van der Waals surface area (Å²) < 4.78 is 10.5. The van der Waals surface area contributed by atoms with E-state index in [4.69, 9.17) is 9.15 Å². The topological polar surface area (TPSA) is 71.8 Å². The van der Waals surface area contributed by atoms with Gasteiger partial charge in [0.05, 0.1) is 19.8 Å². The quantitative estimate of drug-likeness (QED) is 0.894. The van der Waals surface area contributed by atoms with Gasteiger partial charge in [-0.1, -0.05) is 17.7 Å². The van der Waals surface area contributed by atoms with Crippen molar-refractivity contribution in [1.82, 2.24) is 10.2 Å². The number of furan rings is 1. The molecule has 6 nitrogen and oxygen atoms in total. The van der Waals surface area contributed by atoms with Gasteiger partial charge in [-0.25, -0.2) is 0 Å². The Labute approximate surface area is 153 Å². The molecule has 1 N–H and O–H groups in total. The highest BCUT2D eigenvalue weighted by Crippen LogP contribution is 2.20. The molecule has 0 atom stereocenters. The van der Waals surface area contributed by atoms with Crippen molar-refractivity contribution in [3.05, 3.63) is 53.5 Å². The number of nitrogens with one attached hydrogen (secondary N) is 1. The van der Waals surface area contributed by atoms with Crippen LogP contribution < -0.4 is 10.1 Å². The minimum Gasteiger partial charge on any atom is -0.496 e. The first-order valence-corrected chi connectivity index (χ1v) is 8.82. The molecule has 1 aliphatic heterocycles. The van der Waals surface area contributed by atoms with Gasteiger partial charge in [-0.3, -0.25) is 9.59 Å². The maximum absolute atomic E-state index is 12.4. The lowest BCUT2D eigenvalue weighted by atomic mass is 10.0. The number of hydrogen-bond acceptors (Lipinski definition) is 4. The summed E-state index contributed by atoms with van der Waals surface area (Å²) in [7, 11) is 1.61. The third-order valence-corrected chi connectivity index (χ3v) is 4.67. The maximum atomic E-state index is 12.4. The molecule has 6 heteroatoms. The van der Waals surface area contributed by atoms with E-state index in [1.165, 1.54) is 6.26 Å². The number of amides is 2. The van der Waals surface area contributed by atoms with Crippen LogP contribution in [0.5, 0.6) is 5.75 Å². The summed E-state index contributed by atoms with van der Waals surface area (Å²) in [5.74, 6) is 0.970. The lowest BCUT2D eigenvalue weighted by molar-refractivity contribution is -0.121. The highest BCUT2D eigenvalue weighted by Gasteiger charge is 2.26. The molecule has 1 aromatic carbocycles. The van der Waals surface area contributed by atoms with Gasteiger partial charge in [0.15, 0.2) is 5.76 Å². The van der Waals surface area contributed by atoms with Crippen LogP contribution in [0.3, 0.4) is 0 Å². The zero-order valence-electron chi connectivity index (χ0n) is 15.2. The van der Waals surface area contributed by atoms with E-state index in [9.17, 15) is 9.59 Å². The second-order valence-electron chi connectivity index (χ2n) is 6.60. The highest BCUT2D eigenvalue weighted by molar-refractivity contribution is 5.91. The lowest BCUT2D eigenvalue weighted by Crippen LogP contribution is -2.46. The van der Waals surface area contributed by atoms with Crippen LogP contribution in [0, 0.1) is 6.92 Å². The van der Waals surface area contributed by atoms with Gasteiger partial charge in [-0.05, 0) is 38.0 Å². The Balaban J connectivity index is 1.51. The Kier molecular flexibility index (Phi) is 5.61. The molecule has 1 aliphatic rings. The number of hydrogen-bond donors (Lipinski definition) is 1. The zero-order chi connectivity index (χ0) is 18.5. The van der Waals surface area contributed by atoms with Crippen molar-refractivity contribution in [2.45, 2.75) is 32.2 Å². The zero-order valence-corrected chi connectivity index (χ0v) is 15.2. The van der Waals surface area contributed by atoms with Crippen molar-refractivity contribution in [3.8, 4) is 5.75 Å². The fourth-order valence-corrected chi connectivity index (χ4v) is 3.28. The number of nitrogens with zero attached hydrogens (tertiary/aromatic N) is 1. The molecule has 0 aliphatic carbocycles. The molecule has 0 unspecified atom stereocenters. The molecule has 2 aromatic rings. The summed E-state index contributed by atoms with van der Waals surface area (Å²) in [6.07, 6.45) is 3.27. The number of likely N-dealkylation sites (tertiary alicyclic amines) is 1. The van der Waals surface area contributed by atoms with E-state index < -0.39 is 0 Å². The van der Waals surface area contributed by atoms with Crippen LogP contribution in [0.1, 0.15) is 34.5 Å². The number of benzene rings is 1. The third kappa shape index (κ3) is 4.25. The summed E-state index contributed by atoms with van der Waals surface area (Å²) in [4.78, 5) is 26.4. The molecular formula is C20H24N2O4. The first kappa shape index (κ1) is 18.0. The van der Waals surface area contributed by atoms with Crippen LogP contribution in [-0.2, 0) is 11.2 Å². The summed E-state index contributed by atoms with van der Waals surface area (Å²) in [6.45, 7) is 3.21. The molecule has 0 spiro atoms. The Morgan fingerprint density at radius 1 is 1.27 bits per heavy atom. The molecule has 26 heavy (non-hydrogen) atoms. The fraction of sp³-hybridized carbons (Fsp3) is 0.400. The van der Waals surface area contributed by atoms with Crippen molar-refractivity contribution in [3.63, 3.8) is 0 Å². The molecule has 3 rings (SSSR count). The van der Waals surface area contributed by atoms with E-state index >= 15 is 0 Å². The highest BCUT2D eigenvalue weighted by atomic mass is 16.5. The number of piperidine rings is 1. The molecule has 1 fully saturated rings. The molecule has 1 aromatic heterocycles. The van der Waals surface area contributed by atoms with Gasteiger partial charge in [0.1, 0.15) is 5.75 Å². The smallest absolute Gasteiger partial charge is 0.289 e. The lowest BCUT2D eigenvalue weighted by Gasteiger charge is -2.32. The monoisotopic (exact) mass is 356 g/mol. The number of aryl methyl sites for hydroxylation is 1. The molecule has 0 saturated carbocycles. The fourth-order valence-electron chi connectivity index (χ4n) is 3.28. The molecule has 138 valence electrons. The van der Waals surface area contributed by atoms with Crippen molar-refractivity contribution in [1.29, 1.82) is 0 Å². The molecule has 1 saturated heterocycles. The van der Waals surface area contributed by atoms with E-state index in [2.05, 4.69) is 5.32 Å². The molecule has 2 heterocycles. The average Bonchev–Trinajstić information content (AvgIpc) is 3.16. The van der Waals surface area contributed by atoms with Crippen LogP contribution in [0.2, 0.25) is 0 Å². The van der Waals surface area contributed by atoms with Crippen LogP contribution in [0.25, 0.3) is 0 Å². The minimum absolute atomic E-state index is 0.0234. The Morgan fingerprint density at radius 3 is 2.69 bits per heavy atom. The first-order chi connectivity index (χ1) is 12.6. The van der Waals surface area contributed by atoms with Gasteiger partial charge in [-0.2, -0.15) is 0 Å². The third-order valence-electron chi connectivity index (χ3n) is 4.67. The average molecular weight is 356 g/mol. The maximum Gasteiger partial charge on any atom is 0.289 e. The summed E-state index contributed by atoms with van der Waals surface area (Å²) in [6, 6.07) is 9.29. The first-order valence-electron chi connectivity index (χ1n) is 8.82. The number of rotatable bonds is 5. The standard InChI is InChI=1S/C20H24N2O4/c1-14-5-6-17(25-2)15(12-14)13-19(23)21-16-7-9-22(10-8-16)20(24)18-4-3-11-26-18/h3-6,11-12,16H,7-10,13H2,1-2H3,(H,21,23). The number of carbonyl (C=O) groups is 2. The van der Waals surface area contributed by atoms with E-state index in [0.717, 1.165) is 29.7 Å². The van der Waals surface area contributed by atoms with E-state index in [-0.39, 0.29) is 24.3 Å². The summed E-state index contributed by atoms with van der Waals surface area (Å²) >= 11 is 0. The molecule has 2 amide bonds. The normalized spacial score (nSPS) is 14.9. The van der Waals surface area contributed by atoms with Crippen LogP contribution in [0.4, 0.5) is 0 Å².